The number of aliphatic imine (C=N–C) groups is 2. The highest BCUT2D eigenvalue weighted by Crippen LogP contribution is 2.41. The molecule has 32 heavy (non-hydrogen) atoms. The van der Waals surface area contributed by atoms with Crippen molar-refractivity contribution >= 4 is 57.3 Å². The molecule has 168 valence electrons. The highest BCUT2D eigenvalue weighted by atomic mass is 35.5. The van der Waals surface area contributed by atoms with E-state index in [4.69, 9.17) is 37.9 Å². The maximum Gasteiger partial charge on any atom is 0.234 e. The van der Waals surface area contributed by atoms with Crippen LogP contribution in [0.5, 0.6) is 5.75 Å². The third-order valence-electron chi connectivity index (χ3n) is 5.81. The molecule has 5 nitrogen and oxygen atoms in total. The van der Waals surface area contributed by atoms with E-state index in [2.05, 4.69) is 12.2 Å². The van der Waals surface area contributed by atoms with Gasteiger partial charge in [0.05, 0.1) is 17.9 Å². The van der Waals surface area contributed by atoms with Crippen molar-refractivity contribution in [3.63, 3.8) is 0 Å². The van der Waals surface area contributed by atoms with Gasteiger partial charge in [-0.3, -0.25) is 9.79 Å². The van der Waals surface area contributed by atoms with Crippen molar-refractivity contribution in [1.29, 1.82) is 0 Å². The zero-order chi connectivity index (χ0) is 22.7. The standard InChI is InChI=1S/C24H25Cl2N3O2S/c1-15-9-11-24(12-10-15)28-22(19-8-3-16(25)13-20(19)26)23(29-24)32-14-21(30)27-17-4-6-18(31-2)7-5-17/h3-8,13,15H,9-12,14H2,1-2H3,(H,27,30). The topological polar surface area (TPSA) is 63.0 Å². The molecular weight excluding hydrogens is 465 g/mol. The lowest BCUT2D eigenvalue weighted by Crippen LogP contribution is -2.28. The minimum absolute atomic E-state index is 0.109. The van der Waals surface area contributed by atoms with Crippen LogP contribution in [0.15, 0.2) is 52.4 Å². The summed E-state index contributed by atoms with van der Waals surface area (Å²) in [5.41, 5.74) is 1.83. The molecule has 0 radical (unpaired) electrons. The number of benzene rings is 2. The van der Waals surface area contributed by atoms with E-state index < -0.39 is 5.66 Å². The molecule has 0 saturated heterocycles. The van der Waals surface area contributed by atoms with Gasteiger partial charge in [-0.05, 0) is 74.1 Å². The SMILES string of the molecule is COc1ccc(NC(=O)CSC2=NC3(CCC(C)CC3)N=C2c2ccc(Cl)cc2Cl)cc1. The van der Waals surface area contributed by atoms with Crippen molar-refractivity contribution in [2.75, 3.05) is 18.2 Å². The van der Waals surface area contributed by atoms with E-state index in [1.807, 2.05) is 30.3 Å². The number of carbonyl (C=O) groups excluding carboxylic acids is 1. The quantitative estimate of drug-likeness (QED) is 0.522. The van der Waals surface area contributed by atoms with E-state index in [-0.39, 0.29) is 11.7 Å². The third-order valence-corrected chi connectivity index (χ3v) is 7.32. The lowest BCUT2D eigenvalue weighted by Gasteiger charge is -2.30. The second kappa shape index (κ2) is 9.86. The van der Waals surface area contributed by atoms with Crippen LogP contribution in [0.1, 0.15) is 38.2 Å². The van der Waals surface area contributed by atoms with Crippen LogP contribution in [-0.2, 0) is 4.79 Å². The van der Waals surface area contributed by atoms with E-state index in [1.165, 1.54) is 11.8 Å². The van der Waals surface area contributed by atoms with Gasteiger partial charge in [-0.25, -0.2) is 4.99 Å². The van der Waals surface area contributed by atoms with Crippen molar-refractivity contribution < 1.29 is 9.53 Å². The van der Waals surface area contributed by atoms with E-state index >= 15 is 0 Å². The summed E-state index contributed by atoms with van der Waals surface area (Å²) in [6.07, 6.45) is 3.99. The van der Waals surface area contributed by atoms with Gasteiger partial charge in [0.15, 0.2) is 5.66 Å². The first-order chi connectivity index (χ1) is 15.4. The number of halogens is 2. The van der Waals surface area contributed by atoms with Crippen LogP contribution < -0.4 is 10.1 Å². The van der Waals surface area contributed by atoms with Gasteiger partial charge in [-0.1, -0.05) is 41.9 Å². The number of amides is 1. The molecule has 4 rings (SSSR count). The Morgan fingerprint density at radius 1 is 1.16 bits per heavy atom. The van der Waals surface area contributed by atoms with Gasteiger partial charge in [0.25, 0.3) is 0 Å². The summed E-state index contributed by atoms with van der Waals surface area (Å²) >= 11 is 14.0. The molecule has 0 atom stereocenters. The summed E-state index contributed by atoms with van der Waals surface area (Å²) in [5, 5.41) is 4.78. The van der Waals surface area contributed by atoms with Gasteiger partial charge in [-0.15, -0.1) is 0 Å². The Hall–Kier alpha value is -2.02. The number of carbonyl (C=O) groups is 1. The number of thioether (sulfide) groups is 1. The lowest BCUT2D eigenvalue weighted by molar-refractivity contribution is -0.113. The van der Waals surface area contributed by atoms with Crippen LogP contribution in [0.2, 0.25) is 10.0 Å². The first-order valence-electron chi connectivity index (χ1n) is 10.6. The molecule has 0 aromatic heterocycles. The molecule has 2 aromatic carbocycles. The number of rotatable bonds is 5. The van der Waals surface area contributed by atoms with Gasteiger partial charge in [0, 0.05) is 16.3 Å². The number of methoxy groups -OCH3 is 1. The molecule has 0 bridgehead atoms. The van der Waals surface area contributed by atoms with E-state index in [1.54, 1.807) is 19.2 Å². The van der Waals surface area contributed by atoms with Crippen molar-refractivity contribution in [1.82, 2.24) is 0 Å². The Labute approximate surface area is 202 Å². The van der Waals surface area contributed by atoms with Crippen LogP contribution in [0.4, 0.5) is 5.69 Å². The molecule has 2 aromatic rings. The summed E-state index contributed by atoms with van der Waals surface area (Å²) in [6, 6.07) is 12.6. The van der Waals surface area contributed by atoms with Crippen LogP contribution >= 0.6 is 35.0 Å². The summed E-state index contributed by atoms with van der Waals surface area (Å²) in [4.78, 5) is 22.7. The smallest absolute Gasteiger partial charge is 0.234 e. The number of nitrogens with zero attached hydrogens (tertiary/aromatic N) is 2. The van der Waals surface area contributed by atoms with Crippen molar-refractivity contribution in [2.45, 2.75) is 38.3 Å². The Morgan fingerprint density at radius 2 is 1.88 bits per heavy atom. The van der Waals surface area contributed by atoms with Crippen LogP contribution in [0, 0.1) is 5.92 Å². The Bertz CT molecular complexity index is 1060. The van der Waals surface area contributed by atoms with E-state index in [0.717, 1.165) is 53.4 Å². The average Bonchev–Trinajstić information content (AvgIpc) is 3.13. The normalized spacial score (nSPS) is 22.4. The molecule has 2 aliphatic rings. The molecule has 1 aliphatic carbocycles. The molecule has 1 saturated carbocycles. The zero-order valence-corrected chi connectivity index (χ0v) is 20.4. The predicted molar refractivity (Wildman–Crippen MR) is 135 cm³/mol. The first kappa shape index (κ1) is 23.1. The first-order valence-corrected chi connectivity index (χ1v) is 12.3. The number of ether oxygens (including phenoxy) is 1. The largest absolute Gasteiger partial charge is 0.497 e. The van der Waals surface area contributed by atoms with E-state index in [9.17, 15) is 4.79 Å². The fraction of sp³-hybridized carbons (Fsp3) is 0.375. The predicted octanol–water partition coefficient (Wildman–Crippen LogP) is 6.48. The molecule has 1 aliphatic heterocycles. The molecule has 1 N–H and O–H groups in total. The van der Waals surface area contributed by atoms with Crippen molar-refractivity contribution in [3.8, 4) is 5.75 Å². The summed E-state index contributed by atoms with van der Waals surface area (Å²) in [7, 11) is 1.61. The van der Waals surface area contributed by atoms with E-state index in [0.29, 0.717) is 16.0 Å². The summed E-state index contributed by atoms with van der Waals surface area (Å²) in [5.74, 6) is 1.54. The number of nitrogens with one attached hydrogen (secondary N) is 1. The Kier molecular flexibility index (Phi) is 7.13. The minimum Gasteiger partial charge on any atom is -0.497 e. The molecule has 1 fully saturated rings. The molecule has 1 spiro atoms. The van der Waals surface area contributed by atoms with Crippen LogP contribution in [0.3, 0.4) is 0 Å². The monoisotopic (exact) mass is 489 g/mol. The van der Waals surface area contributed by atoms with Gasteiger partial charge in [0.1, 0.15) is 16.5 Å². The Morgan fingerprint density at radius 3 is 2.53 bits per heavy atom. The van der Waals surface area contributed by atoms with Gasteiger partial charge in [0.2, 0.25) is 5.91 Å². The van der Waals surface area contributed by atoms with Gasteiger partial charge >= 0.3 is 0 Å². The maximum absolute atomic E-state index is 12.6. The second-order valence-corrected chi connectivity index (χ2v) is 10.0. The highest BCUT2D eigenvalue weighted by molar-refractivity contribution is 8.16. The highest BCUT2D eigenvalue weighted by Gasteiger charge is 2.39. The zero-order valence-electron chi connectivity index (χ0n) is 18.0. The molecule has 8 heteroatoms. The number of hydrogen-bond acceptors (Lipinski definition) is 5. The van der Waals surface area contributed by atoms with Gasteiger partial charge < -0.3 is 10.1 Å². The third kappa shape index (κ3) is 5.30. The Balaban J connectivity index is 1.51. The maximum atomic E-state index is 12.6. The van der Waals surface area contributed by atoms with Crippen molar-refractivity contribution in [3.05, 3.63) is 58.1 Å². The molecule has 1 heterocycles. The second-order valence-electron chi connectivity index (χ2n) is 8.23. The number of hydrogen-bond donors (Lipinski definition) is 1. The lowest BCUT2D eigenvalue weighted by atomic mass is 9.83. The molecular formula is C24H25Cl2N3O2S. The fourth-order valence-electron chi connectivity index (χ4n) is 3.93. The molecule has 1 amide bonds. The van der Waals surface area contributed by atoms with Gasteiger partial charge in [-0.2, -0.15) is 0 Å². The van der Waals surface area contributed by atoms with Crippen LogP contribution in [0.25, 0.3) is 0 Å². The molecule has 0 unspecified atom stereocenters. The summed E-state index contributed by atoms with van der Waals surface area (Å²) < 4.78 is 5.16. The average molecular weight is 490 g/mol. The van der Waals surface area contributed by atoms with Crippen LogP contribution in [-0.4, -0.2) is 35.2 Å². The fourth-order valence-corrected chi connectivity index (χ4v) is 5.30. The number of anilines is 1. The summed E-state index contributed by atoms with van der Waals surface area (Å²) in [6.45, 7) is 2.27. The minimum atomic E-state index is -0.445. The van der Waals surface area contributed by atoms with Crippen molar-refractivity contribution in [2.24, 2.45) is 15.9 Å².